The second-order valence-corrected chi connectivity index (χ2v) is 3.34. The van der Waals surface area contributed by atoms with Crippen LogP contribution in [0.5, 0.6) is 0 Å². The fourth-order valence-electron chi connectivity index (χ4n) is 1.40. The molecular formula is C10H5F6N. The van der Waals surface area contributed by atoms with Crippen molar-refractivity contribution in [2.45, 2.75) is 19.3 Å². The molecule has 1 aromatic rings. The van der Waals surface area contributed by atoms with Crippen molar-refractivity contribution in [3.63, 3.8) is 0 Å². The first-order valence-electron chi connectivity index (χ1n) is 4.26. The van der Waals surface area contributed by atoms with Gasteiger partial charge in [0.25, 0.3) is 0 Å². The third-order valence-corrected chi connectivity index (χ3v) is 1.99. The van der Waals surface area contributed by atoms with E-state index in [9.17, 15) is 26.3 Å². The van der Waals surface area contributed by atoms with E-state index >= 15 is 0 Å². The van der Waals surface area contributed by atoms with Crippen LogP contribution in [-0.2, 0) is 12.4 Å². The SMILES string of the molecule is Cc1cc(C#N)c(C(F)(F)F)c(C(F)(F)F)c1. The number of alkyl halides is 6. The van der Waals surface area contributed by atoms with Gasteiger partial charge in [-0.1, -0.05) is 0 Å². The molecule has 92 valence electrons. The van der Waals surface area contributed by atoms with Gasteiger partial charge in [0.1, 0.15) is 0 Å². The number of benzene rings is 1. The van der Waals surface area contributed by atoms with Gasteiger partial charge >= 0.3 is 12.4 Å². The molecule has 0 aromatic heterocycles. The topological polar surface area (TPSA) is 23.8 Å². The van der Waals surface area contributed by atoms with Crippen LogP contribution in [-0.4, -0.2) is 0 Å². The summed E-state index contributed by atoms with van der Waals surface area (Å²) in [5.74, 6) is 0. The van der Waals surface area contributed by atoms with Crippen LogP contribution in [0, 0.1) is 18.3 Å². The first kappa shape index (κ1) is 13.4. The second kappa shape index (κ2) is 3.95. The molecule has 7 heteroatoms. The molecule has 0 radical (unpaired) electrons. The summed E-state index contributed by atoms with van der Waals surface area (Å²) in [5.41, 5.74) is -4.84. The minimum absolute atomic E-state index is 0.0538. The van der Waals surface area contributed by atoms with E-state index in [1.54, 1.807) is 0 Å². The van der Waals surface area contributed by atoms with Gasteiger partial charge in [-0.15, -0.1) is 0 Å². The van der Waals surface area contributed by atoms with Crippen molar-refractivity contribution in [1.82, 2.24) is 0 Å². The zero-order chi connectivity index (χ0) is 13.4. The highest BCUT2D eigenvalue weighted by Crippen LogP contribution is 2.42. The molecule has 0 amide bonds. The molecule has 0 unspecified atom stereocenters. The quantitative estimate of drug-likeness (QED) is 0.643. The summed E-state index contributed by atoms with van der Waals surface area (Å²) in [6.07, 6.45) is -10.4. The molecule has 0 aliphatic rings. The number of aryl methyl sites for hydroxylation is 1. The molecule has 1 nitrogen and oxygen atoms in total. The lowest BCUT2D eigenvalue weighted by atomic mass is 9.98. The van der Waals surface area contributed by atoms with Gasteiger partial charge in [0, 0.05) is 0 Å². The number of rotatable bonds is 0. The highest BCUT2D eigenvalue weighted by atomic mass is 19.4. The van der Waals surface area contributed by atoms with Crippen molar-refractivity contribution in [2.75, 3.05) is 0 Å². The molecule has 1 aromatic carbocycles. The van der Waals surface area contributed by atoms with Crippen LogP contribution in [0.1, 0.15) is 22.3 Å². The predicted molar refractivity (Wildman–Crippen MR) is 45.9 cm³/mol. The lowest BCUT2D eigenvalue weighted by Gasteiger charge is -2.17. The zero-order valence-corrected chi connectivity index (χ0v) is 8.37. The molecule has 0 aliphatic heterocycles. The van der Waals surface area contributed by atoms with Crippen molar-refractivity contribution in [1.29, 1.82) is 5.26 Å². The monoisotopic (exact) mass is 253 g/mol. The largest absolute Gasteiger partial charge is 0.418 e. The Morgan fingerprint density at radius 2 is 1.53 bits per heavy atom. The van der Waals surface area contributed by atoms with E-state index in [0.717, 1.165) is 12.1 Å². The van der Waals surface area contributed by atoms with Gasteiger partial charge in [0.05, 0.1) is 22.8 Å². The third kappa shape index (κ3) is 2.70. The van der Waals surface area contributed by atoms with E-state index in [2.05, 4.69) is 0 Å². The molecular weight excluding hydrogens is 248 g/mol. The summed E-state index contributed by atoms with van der Waals surface area (Å²) in [4.78, 5) is 0. The smallest absolute Gasteiger partial charge is 0.192 e. The van der Waals surface area contributed by atoms with E-state index in [1.807, 2.05) is 0 Å². The average molecular weight is 253 g/mol. The molecule has 0 fully saturated rings. The van der Waals surface area contributed by atoms with E-state index in [-0.39, 0.29) is 5.56 Å². The average Bonchev–Trinajstić information content (AvgIpc) is 2.12. The van der Waals surface area contributed by atoms with Crippen molar-refractivity contribution in [2.24, 2.45) is 0 Å². The number of hydrogen-bond acceptors (Lipinski definition) is 1. The van der Waals surface area contributed by atoms with Crippen LogP contribution in [0.25, 0.3) is 0 Å². The summed E-state index contributed by atoms with van der Waals surface area (Å²) in [5, 5.41) is 8.48. The maximum absolute atomic E-state index is 12.5. The number of halogens is 6. The summed E-state index contributed by atoms with van der Waals surface area (Å²) in [7, 11) is 0. The van der Waals surface area contributed by atoms with Crippen molar-refractivity contribution < 1.29 is 26.3 Å². The molecule has 0 N–H and O–H groups in total. The van der Waals surface area contributed by atoms with Gasteiger partial charge in [-0.05, 0) is 24.6 Å². The van der Waals surface area contributed by atoms with Crippen molar-refractivity contribution in [3.05, 3.63) is 34.4 Å². The van der Waals surface area contributed by atoms with Gasteiger partial charge in [-0.3, -0.25) is 0 Å². The van der Waals surface area contributed by atoms with Gasteiger partial charge < -0.3 is 0 Å². The minimum atomic E-state index is -5.22. The van der Waals surface area contributed by atoms with E-state index in [0.29, 0.717) is 6.07 Å². The standard InChI is InChI=1S/C10H5F6N/c1-5-2-6(4-17)8(10(14,15)16)7(3-5)9(11,12)13/h2-3H,1H3. The maximum atomic E-state index is 12.5. The van der Waals surface area contributed by atoms with Gasteiger partial charge in [-0.25, -0.2) is 0 Å². The first-order valence-corrected chi connectivity index (χ1v) is 4.26. The third-order valence-electron chi connectivity index (χ3n) is 1.99. The van der Waals surface area contributed by atoms with E-state index in [4.69, 9.17) is 5.26 Å². The molecule has 0 aliphatic carbocycles. The highest BCUT2D eigenvalue weighted by molar-refractivity contribution is 5.48. The minimum Gasteiger partial charge on any atom is -0.192 e. The van der Waals surface area contributed by atoms with Crippen LogP contribution in [0.2, 0.25) is 0 Å². The highest BCUT2D eigenvalue weighted by Gasteiger charge is 2.45. The maximum Gasteiger partial charge on any atom is 0.418 e. The Labute approximate surface area is 92.3 Å². The fourth-order valence-corrected chi connectivity index (χ4v) is 1.40. The Morgan fingerprint density at radius 3 is 1.88 bits per heavy atom. The lowest BCUT2D eigenvalue weighted by molar-refractivity contribution is -0.162. The zero-order valence-electron chi connectivity index (χ0n) is 8.37. The predicted octanol–water partition coefficient (Wildman–Crippen LogP) is 3.90. The summed E-state index contributed by atoms with van der Waals surface area (Å²) < 4.78 is 74.9. The summed E-state index contributed by atoms with van der Waals surface area (Å²) in [6, 6.07) is 2.29. The molecule has 0 bridgehead atoms. The molecule has 0 spiro atoms. The van der Waals surface area contributed by atoms with E-state index in [1.165, 1.54) is 6.92 Å². The van der Waals surface area contributed by atoms with Gasteiger partial charge in [0.15, 0.2) is 0 Å². The van der Waals surface area contributed by atoms with Crippen LogP contribution < -0.4 is 0 Å². The normalized spacial score (nSPS) is 12.4. The number of nitrogens with zero attached hydrogens (tertiary/aromatic N) is 1. The van der Waals surface area contributed by atoms with Gasteiger partial charge in [-0.2, -0.15) is 31.6 Å². The Kier molecular flexibility index (Phi) is 3.10. The molecule has 1 rings (SSSR count). The van der Waals surface area contributed by atoms with Gasteiger partial charge in [0.2, 0.25) is 0 Å². The number of hydrogen-bond donors (Lipinski definition) is 0. The summed E-state index contributed by atoms with van der Waals surface area (Å²) >= 11 is 0. The van der Waals surface area contributed by atoms with E-state index < -0.39 is 29.0 Å². The molecule has 0 saturated carbocycles. The van der Waals surface area contributed by atoms with Crippen LogP contribution in [0.3, 0.4) is 0 Å². The van der Waals surface area contributed by atoms with Crippen molar-refractivity contribution >= 4 is 0 Å². The Morgan fingerprint density at radius 1 is 1.00 bits per heavy atom. The van der Waals surface area contributed by atoms with Crippen LogP contribution in [0.4, 0.5) is 26.3 Å². The number of nitriles is 1. The molecule has 0 atom stereocenters. The Bertz CT molecular complexity index is 477. The van der Waals surface area contributed by atoms with Crippen LogP contribution >= 0.6 is 0 Å². The van der Waals surface area contributed by atoms with Crippen LogP contribution in [0.15, 0.2) is 12.1 Å². The Balaban J connectivity index is 3.71. The molecule has 17 heavy (non-hydrogen) atoms. The molecule has 0 saturated heterocycles. The summed E-state index contributed by atoms with van der Waals surface area (Å²) in [6.45, 7) is 1.19. The lowest BCUT2D eigenvalue weighted by Crippen LogP contribution is -2.18. The molecule has 0 heterocycles. The van der Waals surface area contributed by atoms with Crippen molar-refractivity contribution in [3.8, 4) is 6.07 Å². The fraction of sp³-hybridized carbons (Fsp3) is 0.300. The second-order valence-electron chi connectivity index (χ2n) is 3.34. The first-order chi connectivity index (χ1) is 7.57. The Hall–Kier alpha value is -1.71.